The first-order valence-electron chi connectivity index (χ1n) is 6.93. The molecule has 0 saturated heterocycles. The number of carboxylic acids is 1. The van der Waals surface area contributed by atoms with Crippen LogP contribution >= 0.6 is 11.3 Å². The van der Waals surface area contributed by atoms with Crippen molar-refractivity contribution in [3.05, 3.63) is 29.0 Å². The number of thiazole rings is 1. The van der Waals surface area contributed by atoms with Crippen LogP contribution < -0.4 is 5.32 Å². The molecule has 0 saturated carbocycles. The fourth-order valence-corrected chi connectivity index (χ4v) is 2.73. The minimum absolute atomic E-state index is 0.165. The van der Waals surface area contributed by atoms with Crippen LogP contribution in [0.3, 0.4) is 0 Å². The maximum absolute atomic E-state index is 12.1. The van der Waals surface area contributed by atoms with E-state index in [1.54, 1.807) is 11.4 Å². The number of hydrogen-bond donors (Lipinski definition) is 2. The van der Waals surface area contributed by atoms with Crippen LogP contribution in [-0.2, 0) is 4.79 Å². The number of nitrogens with one attached hydrogen (secondary N) is 1. The van der Waals surface area contributed by atoms with E-state index in [2.05, 4.69) is 10.3 Å². The molecule has 2 N–H and O–H groups in total. The predicted molar refractivity (Wildman–Crippen MR) is 82.9 cm³/mol. The van der Waals surface area contributed by atoms with Gasteiger partial charge in [-0.3, -0.25) is 4.79 Å². The zero-order valence-corrected chi connectivity index (χ0v) is 13.4. The summed E-state index contributed by atoms with van der Waals surface area (Å²) in [7, 11) is 0. The molecule has 22 heavy (non-hydrogen) atoms. The summed E-state index contributed by atoms with van der Waals surface area (Å²) in [5.41, 5.74) is 0.198. The van der Waals surface area contributed by atoms with Gasteiger partial charge in [0.15, 0.2) is 10.8 Å². The molecular formula is C15H18N2O4S. The van der Waals surface area contributed by atoms with Crippen LogP contribution in [-0.4, -0.2) is 28.0 Å². The summed E-state index contributed by atoms with van der Waals surface area (Å²) in [6.45, 7) is 5.64. The molecule has 0 aliphatic rings. The maximum Gasteiger partial charge on any atom is 0.326 e. The third-order valence-corrected chi connectivity index (χ3v) is 3.86. The molecule has 2 rings (SSSR count). The quantitative estimate of drug-likeness (QED) is 0.853. The smallest absolute Gasteiger partial charge is 0.326 e. The molecule has 118 valence electrons. The molecule has 1 amide bonds. The van der Waals surface area contributed by atoms with Gasteiger partial charge >= 0.3 is 5.97 Å². The standard InChI is InChI=1S/C15H18N2O4S/c1-8(2)6-10(15(19)20)16-13(18)11-7-22-14(17-11)12-5-4-9(3)21-12/h4-5,7-8,10H,6H2,1-3H3,(H,16,18)(H,19,20)/t10-/m1/s1. The van der Waals surface area contributed by atoms with E-state index in [1.165, 1.54) is 11.3 Å². The highest BCUT2D eigenvalue weighted by atomic mass is 32.1. The van der Waals surface area contributed by atoms with Crippen LogP contribution in [0.2, 0.25) is 0 Å². The van der Waals surface area contributed by atoms with Crippen LogP contribution in [0.15, 0.2) is 21.9 Å². The van der Waals surface area contributed by atoms with Gasteiger partial charge in [-0.05, 0) is 31.4 Å². The van der Waals surface area contributed by atoms with Gasteiger partial charge in [-0.25, -0.2) is 9.78 Å². The number of carboxylic acid groups (broad SMARTS) is 1. The van der Waals surface area contributed by atoms with Gasteiger partial charge in [0.05, 0.1) is 0 Å². The van der Waals surface area contributed by atoms with E-state index >= 15 is 0 Å². The second-order valence-corrected chi connectivity index (χ2v) is 6.30. The predicted octanol–water partition coefficient (Wildman–Crippen LogP) is 2.94. The first-order valence-corrected chi connectivity index (χ1v) is 7.80. The lowest BCUT2D eigenvalue weighted by Crippen LogP contribution is -2.41. The Morgan fingerprint density at radius 1 is 1.41 bits per heavy atom. The van der Waals surface area contributed by atoms with Crippen molar-refractivity contribution in [2.45, 2.75) is 33.2 Å². The molecule has 2 aromatic rings. The van der Waals surface area contributed by atoms with E-state index in [0.29, 0.717) is 17.2 Å². The Morgan fingerprint density at radius 2 is 2.14 bits per heavy atom. The van der Waals surface area contributed by atoms with Gasteiger partial charge in [0.1, 0.15) is 17.5 Å². The Hall–Kier alpha value is -2.15. The Morgan fingerprint density at radius 3 is 2.68 bits per heavy atom. The molecule has 0 spiro atoms. The number of carbonyl (C=O) groups is 2. The number of aliphatic carboxylic acids is 1. The van der Waals surface area contributed by atoms with Crippen molar-refractivity contribution < 1.29 is 19.1 Å². The van der Waals surface area contributed by atoms with E-state index in [9.17, 15) is 9.59 Å². The normalized spacial score (nSPS) is 12.4. The third-order valence-electron chi connectivity index (χ3n) is 3.00. The second-order valence-electron chi connectivity index (χ2n) is 5.44. The van der Waals surface area contributed by atoms with Crippen molar-refractivity contribution in [2.75, 3.05) is 0 Å². The number of amides is 1. The van der Waals surface area contributed by atoms with E-state index < -0.39 is 17.9 Å². The summed E-state index contributed by atoms with van der Waals surface area (Å²) in [5.74, 6) is -0.00549. The molecule has 0 aliphatic carbocycles. The average Bonchev–Trinajstić information content (AvgIpc) is 3.05. The van der Waals surface area contributed by atoms with Crippen molar-refractivity contribution in [3.63, 3.8) is 0 Å². The zero-order valence-electron chi connectivity index (χ0n) is 12.6. The Labute approximate surface area is 132 Å². The van der Waals surface area contributed by atoms with Crippen LogP contribution in [0.25, 0.3) is 10.8 Å². The number of aryl methyl sites for hydroxylation is 1. The topological polar surface area (TPSA) is 92.4 Å². The number of furan rings is 1. The Balaban J connectivity index is 2.09. The van der Waals surface area contributed by atoms with E-state index in [-0.39, 0.29) is 11.6 Å². The largest absolute Gasteiger partial charge is 0.480 e. The van der Waals surface area contributed by atoms with Crippen LogP contribution in [0.1, 0.15) is 36.5 Å². The lowest BCUT2D eigenvalue weighted by molar-refractivity contribution is -0.139. The number of hydrogen-bond acceptors (Lipinski definition) is 5. The first kappa shape index (κ1) is 16.2. The molecular weight excluding hydrogens is 304 g/mol. The minimum Gasteiger partial charge on any atom is -0.480 e. The summed E-state index contributed by atoms with van der Waals surface area (Å²) in [6, 6.07) is 2.69. The molecule has 0 aromatic carbocycles. The summed E-state index contributed by atoms with van der Waals surface area (Å²) >= 11 is 1.28. The van der Waals surface area contributed by atoms with E-state index in [4.69, 9.17) is 9.52 Å². The summed E-state index contributed by atoms with van der Waals surface area (Å²) in [5, 5.41) is 13.9. The van der Waals surface area contributed by atoms with Crippen molar-refractivity contribution in [2.24, 2.45) is 5.92 Å². The molecule has 0 unspecified atom stereocenters. The highest BCUT2D eigenvalue weighted by molar-refractivity contribution is 7.13. The van der Waals surface area contributed by atoms with Crippen LogP contribution in [0.4, 0.5) is 0 Å². The maximum atomic E-state index is 12.1. The number of rotatable bonds is 6. The summed E-state index contributed by atoms with van der Waals surface area (Å²) in [4.78, 5) is 27.5. The van der Waals surface area contributed by atoms with Gasteiger partial charge in [-0.1, -0.05) is 13.8 Å². The first-order chi connectivity index (χ1) is 10.4. The molecule has 6 nitrogen and oxygen atoms in total. The van der Waals surface area contributed by atoms with Crippen molar-refractivity contribution in [1.82, 2.24) is 10.3 Å². The van der Waals surface area contributed by atoms with Gasteiger partial charge in [0.25, 0.3) is 5.91 Å². The van der Waals surface area contributed by atoms with Gasteiger partial charge in [0, 0.05) is 5.38 Å². The van der Waals surface area contributed by atoms with Crippen molar-refractivity contribution in [3.8, 4) is 10.8 Å². The van der Waals surface area contributed by atoms with E-state index in [0.717, 1.165) is 5.76 Å². The summed E-state index contributed by atoms with van der Waals surface area (Å²) < 4.78 is 5.46. The third kappa shape index (κ3) is 3.94. The Kier molecular flexibility index (Phi) is 4.97. The SMILES string of the molecule is Cc1ccc(-c2nc(C(=O)N[C@H](CC(C)C)C(=O)O)cs2)o1. The van der Waals surface area contributed by atoms with Crippen molar-refractivity contribution in [1.29, 1.82) is 0 Å². The van der Waals surface area contributed by atoms with Gasteiger partial charge < -0.3 is 14.8 Å². The minimum atomic E-state index is -1.04. The molecule has 1 atom stereocenters. The molecule has 0 aliphatic heterocycles. The molecule has 2 heterocycles. The van der Waals surface area contributed by atoms with Gasteiger partial charge in [-0.2, -0.15) is 0 Å². The zero-order chi connectivity index (χ0) is 16.3. The molecule has 0 bridgehead atoms. The van der Waals surface area contributed by atoms with Gasteiger partial charge in [0.2, 0.25) is 0 Å². The lowest BCUT2D eigenvalue weighted by Gasteiger charge is -2.15. The van der Waals surface area contributed by atoms with Crippen molar-refractivity contribution >= 4 is 23.2 Å². The average molecular weight is 322 g/mol. The second kappa shape index (κ2) is 6.74. The number of carbonyl (C=O) groups excluding carboxylic acids is 1. The van der Waals surface area contributed by atoms with Crippen LogP contribution in [0.5, 0.6) is 0 Å². The fourth-order valence-electron chi connectivity index (χ4n) is 1.97. The molecule has 0 radical (unpaired) electrons. The Bertz CT molecular complexity index is 675. The molecule has 2 aromatic heterocycles. The fraction of sp³-hybridized carbons (Fsp3) is 0.400. The highest BCUT2D eigenvalue weighted by Crippen LogP contribution is 2.25. The molecule has 0 fully saturated rings. The number of nitrogens with zero attached hydrogens (tertiary/aromatic N) is 1. The lowest BCUT2D eigenvalue weighted by atomic mass is 10.0. The van der Waals surface area contributed by atoms with Gasteiger partial charge in [-0.15, -0.1) is 11.3 Å². The highest BCUT2D eigenvalue weighted by Gasteiger charge is 2.23. The van der Waals surface area contributed by atoms with Crippen LogP contribution in [0, 0.1) is 12.8 Å². The van der Waals surface area contributed by atoms with E-state index in [1.807, 2.05) is 26.8 Å². The number of aromatic nitrogens is 1. The monoisotopic (exact) mass is 322 g/mol. The summed E-state index contributed by atoms with van der Waals surface area (Å²) in [6.07, 6.45) is 0.370. The molecule has 7 heteroatoms.